The van der Waals surface area contributed by atoms with Crippen LogP contribution >= 0.6 is 23.5 Å². The van der Waals surface area contributed by atoms with Gasteiger partial charge in [0.05, 0.1) is 5.66 Å². The van der Waals surface area contributed by atoms with Crippen LogP contribution in [0.1, 0.15) is 64.8 Å². The van der Waals surface area contributed by atoms with Gasteiger partial charge >= 0.3 is 11.9 Å². The molecule has 272 valence electrons. The van der Waals surface area contributed by atoms with E-state index in [2.05, 4.69) is 10.6 Å². The highest BCUT2D eigenvalue weighted by Crippen LogP contribution is 2.54. The normalized spacial score (nSPS) is 31.4. The highest BCUT2D eigenvalue weighted by Gasteiger charge is 2.68. The molecular formula is C35H42N6O8S2. The minimum Gasteiger partial charge on any atom is -0.480 e. The van der Waals surface area contributed by atoms with Crippen LogP contribution in [0.15, 0.2) is 60.7 Å². The van der Waals surface area contributed by atoms with E-state index in [1.54, 1.807) is 43.0 Å². The largest absolute Gasteiger partial charge is 0.480 e. The van der Waals surface area contributed by atoms with Crippen LogP contribution in [0.2, 0.25) is 0 Å². The average molecular weight is 739 g/mol. The molecular weight excluding hydrogens is 697 g/mol. The monoisotopic (exact) mass is 738 g/mol. The number of amides is 4. The molecule has 6 N–H and O–H groups in total. The van der Waals surface area contributed by atoms with Crippen molar-refractivity contribution in [3.05, 3.63) is 71.8 Å². The smallest absolute Gasteiger partial charge is 0.327 e. The molecule has 0 bridgehead atoms. The van der Waals surface area contributed by atoms with E-state index in [4.69, 9.17) is 5.73 Å². The Kier molecular flexibility index (Phi) is 9.22. The summed E-state index contributed by atoms with van der Waals surface area (Å²) in [5.41, 5.74) is 6.73. The van der Waals surface area contributed by atoms with E-state index in [0.29, 0.717) is 5.56 Å². The van der Waals surface area contributed by atoms with Gasteiger partial charge in [0.1, 0.15) is 47.0 Å². The maximum absolute atomic E-state index is 13.2. The van der Waals surface area contributed by atoms with Crippen LogP contribution in [0.3, 0.4) is 0 Å². The highest BCUT2D eigenvalue weighted by molar-refractivity contribution is 8.02. The van der Waals surface area contributed by atoms with Crippen molar-refractivity contribution in [1.29, 1.82) is 0 Å². The molecule has 0 radical (unpaired) electrons. The van der Waals surface area contributed by atoms with Gasteiger partial charge in [-0.3, -0.25) is 24.5 Å². The minimum atomic E-state index is -1.03. The number of carbonyl (C=O) groups excluding carboxylic acids is 4. The van der Waals surface area contributed by atoms with Gasteiger partial charge in [-0.15, -0.1) is 23.5 Å². The molecule has 5 saturated heterocycles. The van der Waals surface area contributed by atoms with Crippen molar-refractivity contribution in [2.24, 2.45) is 5.73 Å². The third-order valence-electron chi connectivity index (χ3n) is 10.1. The quantitative estimate of drug-likeness (QED) is 0.258. The first kappa shape index (κ1) is 36.7. The van der Waals surface area contributed by atoms with Crippen LogP contribution in [0.4, 0.5) is 0 Å². The van der Waals surface area contributed by atoms with E-state index in [1.807, 2.05) is 64.1 Å². The van der Waals surface area contributed by atoms with Crippen LogP contribution in [0.25, 0.3) is 0 Å². The number of nitrogens with zero attached hydrogens (tertiary/aromatic N) is 3. The fourth-order valence-electron chi connectivity index (χ4n) is 7.69. The molecule has 2 aromatic carbocycles. The first-order chi connectivity index (χ1) is 23.8. The molecule has 2 aromatic rings. The summed E-state index contributed by atoms with van der Waals surface area (Å²) in [4.78, 5) is 78.4. The molecule has 16 heteroatoms. The molecule has 14 nitrogen and oxygen atoms in total. The molecule has 5 aliphatic rings. The first-order valence-electron chi connectivity index (χ1n) is 16.5. The van der Waals surface area contributed by atoms with Gasteiger partial charge in [-0.1, -0.05) is 60.7 Å². The predicted octanol–water partition coefficient (Wildman–Crippen LogP) is 1.73. The molecule has 5 aliphatic heterocycles. The second-order valence-electron chi connectivity index (χ2n) is 14.8. The zero-order valence-electron chi connectivity index (χ0n) is 29.0. The van der Waals surface area contributed by atoms with Gasteiger partial charge in [0.25, 0.3) is 0 Å². The Hall–Kier alpha value is -4.12. The van der Waals surface area contributed by atoms with E-state index >= 15 is 0 Å². The van der Waals surface area contributed by atoms with Crippen molar-refractivity contribution in [1.82, 2.24) is 25.3 Å². The molecule has 5 heterocycles. The van der Waals surface area contributed by atoms with Crippen LogP contribution < -0.4 is 16.4 Å². The zero-order valence-corrected chi connectivity index (χ0v) is 30.6. The number of hydrogen-bond acceptors (Lipinski definition) is 10. The van der Waals surface area contributed by atoms with E-state index < -0.39 is 69.3 Å². The number of aliphatic carboxylic acids is 2. The topological polar surface area (TPSA) is 203 Å². The second kappa shape index (κ2) is 12.8. The maximum atomic E-state index is 13.2. The van der Waals surface area contributed by atoms with Gasteiger partial charge in [-0.25, -0.2) is 9.59 Å². The van der Waals surface area contributed by atoms with Crippen LogP contribution in [-0.2, 0) is 28.8 Å². The summed E-state index contributed by atoms with van der Waals surface area (Å²) in [7, 11) is 0. The number of carboxylic acid groups (broad SMARTS) is 2. The van der Waals surface area contributed by atoms with E-state index in [0.717, 1.165) is 5.56 Å². The van der Waals surface area contributed by atoms with Crippen LogP contribution in [0.5, 0.6) is 0 Å². The lowest BCUT2D eigenvalue weighted by atomic mass is 9.94. The molecule has 0 aliphatic carbocycles. The van der Waals surface area contributed by atoms with E-state index in [1.165, 1.54) is 33.3 Å². The molecule has 1 unspecified atom stereocenters. The summed E-state index contributed by atoms with van der Waals surface area (Å²) >= 11 is 2.84. The first-order valence-corrected chi connectivity index (χ1v) is 18.3. The molecule has 0 aromatic heterocycles. The third kappa shape index (κ3) is 6.05. The van der Waals surface area contributed by atoms with E-state index in [9.17, 15) is 39.0 Å². The molecule has 8 atom stereocenters. The fourth-order valence-corrected chi connectivity index (χ4v) is 11.0. The Morgan fingerprint density at radius 1 is 0.765 bits per heavy atom. The zero-order chi connectivity index (χ0) is 37.4. The number of nitrogens with two attached hydrogens (primary N) is 1. The minimum absolute atomic E-state index is 0.151. The lowest BCUT2D eigenvalue weighted by Gasteiger charge is -2.50. The average Bonchev–Trinajstić information content (AvgIpc) is 3.59. The third-order valence-corrected chi connectivity index (χ3v) is 13.2. The molecule has 51 heavy (non-hydrogen) atoms. The number of thioether (sulfide) groups is 2. The lowest BCUT2D eigenvalue weighted by molar-refractivity contribution is -0.170. The summed E-state index contributed by atoms with van der Waals surface area (Å²) < 4.78 is -1.23. The molecule has 4 amide bonds. The van der Waals surface area contributed by atoms with Crippen LogP contribution in [-0.4, -0.2) is 111 Å². The SMILES string of the molecule is CC1(C)S[C@@H]2[C@H](N3C(=O)C(c4ccccc4)NC3(C)C)C(=O)N2[C@H]1C(=O)O.CC1(C)S[C@@H]2[C@H](NC(=O)[C@H](N)c3ccccc3)C(=O)N2[C@H]1C(=O)O. The van der Waals surface area contributed by atoms with Gasteiger partial charge in [0, 0.05) is 9.49 Å². The number of β-lactam (4-membered cyclic amide) rings is 2. The second-order valence-corrected chi connectivity index (χ2v) is 18.3. The summed E-state index contributed by atoms with van der Waals surface area (Å²) in [6, 6.07) is 13.8. The van der Waals surface area contributed by atoms with Crippen molar-refractivity contribution in [2.75, 3.05) is 0 Å². The van der Waals surface area contributed by atoms with E-state index in [-0.39, 0.29) is 28.5 Å². The van der Waals surface area contributed by atoms with Crippen LogP contribution in [0, 0.1) is 0 Å². The molecule has 0 saturated carbocycles. The maximum Gasteiger partial charge on any atom is 0.327 e. The number of hydrogen-bond donors (Lipinski definition) is 5. The van der Waals surface area contributed by atoms with Gasteiger partial charge in [-0.2, -0.15) is 0 Å². The summed E-state index contributed by atoms with van der Waals surface area (Å²) in [5, 5.41) is 24.2. The summed E-state index contributed by atoms with van der Waals surface area (Å²) in [6.45, 7) is 11.0. The molecule has 7 rings (SSSR count). The number of rotatable bonds is 7. The van der Waals surface area contributed by atoms with Gasteiger partial charge < -0.3 is 36.0 Å². The Morgan fingerprint density at radius 3 is 1.78 bits per heavy atom. The van der Waals surface area contributed by atoms with Crippen molar-refractivity contribution in [3.63, 3.8) is 0 Å². The van der Waals surface area contributed by atoms with Crippen molar-refractivity contribution in [2.45, 2.75) is 104 Å². The van der Waals surface area contributed by atoms with Crippen molar-refractivity contribution < 1.29 is 39.0 Å². The predicted molar refractivity (Wildman–Crippen MR) is 190 cm³/mol. The van der Waals surface area contributed by atoms with Gasteiger partial charge in [-0.05, 0) is 52.7 Å². The number of fused-ring (bicyclic) bond motifs is 2. The standard InChI is InChI=1S/C19H23N3O4S.C16H19N3O4S/c1-18(2)13(17(25)26)21-15(24)12(16(21)27-18)22-14(23)11(20-19(22,3)4)10-8-6-5-7-9-10;1-16(2)11(15(22)23)19-13(21)10(14(19)24-16)18-12(20)9(17)8-6-4-3-5-7-8/h5-9,11-13,16,20H,1-4H3,(H,25,26);3-7,9-11,14H,17H2,1-2H3,(H,18,20)(H,22,23)/t11?,12-,13+,16-;9-,10-,11+,14-/m11/s1. The van der Waals surface area contributed by atoms with Gasteiger partial charge in [0.2, 0.25) is 23.6 Å². The summed E-state index contributed by atoms with van der Waals surface area (Å²) in [5.74, 6) is -3.30. The number of carboxylic acids is 2. The Bertz CT molecular complexity index is 1780. The van der Waals surface area contributed by atoms with Crippen molar-refractivity contribution in [3.8, 4) is 0 Å². The Balaban J connectivity index is 0.000000177. The highest BCUT2D eigenvalue weighted by atomic mass is 32.2. The fraction of sp³-hybridized carbons (Fsp3) is 0.486. The molecule has 5 fully saturated rings. The van der Waals surface area contributed by atoms with Crippen molar-refractivity contribution >= 4 is 59.1 Å². The Morgan fingerprint density at radius 2 is 1.25 bits per heavy atom. The number of nitrogens with one attached hydrogen (secondary N) is 2. The number of carbonyl (C=O) groups is 6. The summed E-state index contributed by atoms with van der Waals surface area (Å²) in [6.07, 6.45) is 0. The number of benzene rings is 2. The van der Waals surface area contributed by atoms with Gasteiger partial charge in [0.15, 0.2) is 0 Å². The Labute approximate surface area is 303 Å². The molecule has 0 spiro atoms. The lowest BCUT2D eigenvalue weighted by Crippen LogP contribution is -2.73.